The van der Waals surface area contributed by atoms with Crippen LogP contribution in [0.5, 0.6) is 0 Å². The molecule has 1 aliphatic heterocycles. The summed E-state index contributed by atoms with van der Waals surface area (Å²) in [4.78, 5) is 42.2. The highest BCUT2D eigenvalue weighted by Crippen LogP contribution is 2.31. The van der Waals surface area contributed by atoms with E-state index in [9.17, 15) is 14.4 Å². The molecule has 0 unspecified atom stereocenters. The number of amides is 2. The molecule has 2 aromatic rings. The molecule has 2 N–H and O–H groups in total. The highest BCUT2D eigenvalue weighted by atomic mass is 16.2. The molecule has 29 heavy (non-hydrogen) atoms. The number of carbonyl (C=O) groups is 2. The lowest BCUT2D eigenvalue weighted by Crippen LogP contribution is -2.46. The second-order valence-corrected chi connectivity index (χ2v) is 8.82. The van der Waals surface area contributed by atoms with Gasteiger partial charge < -0.3 is 15.2 Å². The third kappa shape index (κ3) is 3.58. The van der Waals surface area contributed by atoms with Crippen LogP contribution in [0.3, 0.4) is 0 Å². The first-order chi connectivity index (χ1) is 14.1. The van der Waals surface area contributed by atoms with Crippen molar-refractivity contribution in [2.24, 2.45) is 5.92 Å². The van der Waals surface area contributed by atoms with E-state index in [-0.39, 0.29) is 35.5 Å². The zero-order valence-electron chi connectivity index (χ0n) is 16.7. The standard InChI is InChI=1S/C22H28N4O3/c27-20(14-5-6-14)23-16-9-11-25(12-10-16)21(28)15-7-8-19-18(13-15)24-22(29)26(19)17-3-1-2-4-17/h7-8,13-14,16-17H,1-6,9-12H2,(H,23,27)(H,24,29). The smallest absolute Gasteiger partial charge is 0.326 e. The second kappa shape index (κ2) is 7.35. The van der Waals surface area contributed by atoms with Crippen LogP contribution in [-0.2, 0) is 4.79 Å². The van der Waals surface area contributed by atoms with Gasteiger partial charge >= 0.3 is 5.69 Å². The lowest BCUT2D eigenvalue weighted by Gasteiger charge is -2.32. The molecule has 7 heteroatoms. The minimum atomic E-state index is -0.0799. The Bertz CT molecular complexity index is 989. The summed E-state index contributed by atoms with van der Waals surface area (Å²) >= 11 is 0. The van der Waals surface area contributed by atoms with Crippen molar-refractivity contribution in [1.29, 1.82) is 0 Å². The number of fused-ring (bicyclic) bond motifs is 1. The molecule has 2 amide bonds. The Morgan fingerprint density at radius 2 is 1.72 bits per heavy atom. The molecule has 2 saturated carbocycles. The number of H-pyrrole nitrogens is 1. The van der Waals surface area contributed by atoms with Gasteiger partial charge in [-0.3, -0.25) is 14.2 Å². The fourth-order valence-electron chi connectivity index (χ4n) is 4.86. The summed E-state index contributed by atoms with van der Waals surface area (Å²) in [6, 6.07) is 5.99. The topological polar surface area (TPSA) is 87.2 Å². The summed E-state index contributed by atoms with van der Waals surface area (Å²) < 4.78 is 1.87. The van der Waals surface area contributed by atoms with Gasteiger partial charge in [-0.1, -0.05) is 12.8 Å². The maximum Gasteiger partial charge on any atom is 0.326 e. The molecular weight excluding hydrogens is 368 g/mol. The number of nitrogens with one attached hydrogen (secondary N) is 2. The summed E-state index contributed by atoms with van der Waals surface area (Å²) in [7, 11) is 0. The molecule has 154 valence electrons. The highest BCUT2D eigenvalue weighted by Gasteiger charge is 2.32. The summed E-state index contributed by atoms with van der Waals surface area (Å²) in [5.41, 5.74) is 2.15. The number of hydrogen-bond acceptors (Lipinski definition) is 3. The van der Waals surface area contributed by atoms with Crippen molar-refractivity contribution in [2.75, 3.05) is 13.1 Å². The van der Waals surface area contributed by atoms with E-state index in [1.807, 2.05) is 27.7 Å². The lowest BCUT2D eigenvalue weighted by atomic mass is 10.0. The molecule has 3 fully saturated rings. The molecule has 0 bridgehead atoms. The van der Waals surface area contributed by atoms with Gasteiger partial charge in [-0.15, -0.1) is 0 Å². The number of rotatable bonds is 4. The van der Waals surface area contributed by atoms with Crippen LogP contribution >= 0.6 is 0 Å². The van der Waals surface area contributed by atoms with Gasteiger partial charge in [0.1, 0.15) is 0 Å². The van der Waals surface area contributed by atoms with E-state index in [0.29, 0.717) is 18.7 Å². The zero-order valence-corrected chi connectivity index (χ0v) is 16.7. The quantitative estimate of drug-likeness (QED) is 0.833. The number of imidazole rings is 1. The number of aromatic nitrogens is 2. The summed E-state index contributed by atoms with van der Waals surface area (Å²) in [6.45, 7) is 1.29. The number of piperidine rings is 1. The monoisotopic (exact) mass is 396 g/mol. The van der Waals surface area contributed by atoms with E-state index in [1.165, 1.54) is 0 Å². The van der Waals surface area contributed by atoms with Gasteiger partial charge in [0, 0.05) is 36.7 Å². The Hall–Kier alpha value is -2.57. The summed E-state index contributed by atoms with van der Waals surface area (Å²) in [6.07, 6.45) is 8.02. The van der Waals surface area contributed by atoms with Crippen molar-refractivity contribution >= 4 is 22.8 Å². The normalized spacial score (nSPS) is 21.0. The lowest BCUT2D eigenvalue weighted by molar-refractivity contribution is -0.123. The number of benzene rings is 1. The van der Waals surface area contributed by atoms with Crippen molar-refractivity contribution in [3.8, 4) is 0 Å². The third-order valence-electron chi connectivity index (χ3n) is 6.73. The van der Waals surface area contributed by atoms with Gasteiger partial charge in [-0.25, -0.2) is 4.79 Å². The van der Waals surface area contributed by atoms with Gasteiger partial charge in [0.25, 0.3) is 5.91 Å². The Morgan fingerprint density at radius 3 is 2.41 bits per heavy atom. The molecule has 1 aromatic heterocycles. The third-order valence-corrected chi connectivity index (χ3v) is 6.73. The number of carbonyl (C=O) groups excluding carboxylic acids is 2. The van der Waals surface area contributed by atoms with Crippen molar-refractivity contribution in [2.45, 2.75) is 63.5 Å². The first kappa shape index (κ1) is 18.5. The first-order valence-electron chi connectivity index (χ1n) is 10.9. The van der Waals surface area contributed by atoms with E-state index in [2.05, 4.69) is 10.3 Å². The van der Waals surface area contributed by atoms with Gasteiger partial charge in [0.2, 0.25) is 5.91 Å². The highest BCUT2D eigenvalue weighted by molar-refractivity contribution is 5.97. The van der Waals surface area contributed by atoms with Crippen LogP contribution in [0.15, 0.2) is 23.0 Å². The molecule has 2 heterocycles. The number of likely N-dealkylation sites (tertiary alicyclic amines) is 1. The van der Waals surface area contributed by atoms with Gasteiger partial charge in [-0.05, 0) is 56.7 Å². The fraction of sp³-hybridized carbons (Fsp3) is 0.591. The molecule has 0 radical (unpaired) electrons. The molecule has 5 rings (SSSR count). The molecule has 7 nitrogen and oxygen atoms in total. The SMILES string of the molecule is O=C(NC1CCN(C(=O)c2ccc3c(c2)[nH]c(=O)n3C2CCCC2)CC1)C1CC1. The molecule has 0 spiro atoms. The van der Waals surface area contributed by atoms with E-state index >= 15 is 0 Å². The summed E-state index contributed by atoms with van der Waals surface area (Å²) in [5, 5.41) is 3.12. The summed E-state index contributed by atoms with van der Waals surface area (Å²) in [5.74, 6) is 0.393. The number of aromatic amines is 1. The van der Waals surface area contributed by atoms with Crippen LogP contribution in [0.25, 0.3) is 11.0 Å². The average molecular weight is 396 g/mol. The Kier molecular flexibility index (Phi) is 4.68. The van der Waals surface area contributed by atoms with Gasteiger partial charge in [-0.2, -0.15) is 0 Å². The second-order valence-electron chi connectivity index (χ2n) is 8.82. The van der Waals surface area contributed by atoms with Gasteiger partial charge in [0.15, 0.2) is 0 Å². The maximum atomic E-state index is 13.0. The van der Waals surface area contributed by atoms with Crippen molar-refractivity contribution in [3.05, 3.63) is 34.2 Å². The first-order valence-corrected chi connectivity index (χ1v) is 10.9. The fourth-order valence-corrected chi connectivity index (χ4v) is 4.86. The largest absolute Gasteiger partial charge is 0.353 e. The van der Waals surface area contributed by atoms with E-state index in [0.717, 1.165) is 62.4 Å². The Balaban J connectivity index is 1.27. The molecule has 0 atom stereocenters. The Labute approximate surface area is 169 Å². The van der Waals surface area contributed by atoms with E-state index < -0.39 is 0 Å². The minimum absolute atomic E-state index is 0.00617. The van der Waals surface area contributed by atoms with Crippen molar-refractivity contribution in [1.82, 2.24) is 19.8 Å². The molecule has 2 aliphatic carbocycles. The molecule has 1 saturated heterocycles. The maximum absolute atomic E-state index is 13.0. The molecule has 1 aromatic carbocycles. The van der Waals surface area contributed by atoms with Gasteiger partial charge in [0.05, 0.1) is 11.0 Å². The van der Waals surface area contributed by atoms with Crippen LogP contribution in [0.1, 0.15) is 67.8 Å². The van der Waals surface area contributed by atoms with Crippen molar-refractivity contribution < 1.29 is 9.59 Å². The van der Waals surface area contributed by atoms with Crippen LogP contribution in [0.4, 0.5) is 0 Å². The van der Waals surface area contributed by atoms with E-state index in [4.69, 9.17) is 0 Å². The molecular formula is C22H28N4O3. The average Bonchev–Trinajstić information content (AvgIpc) is 3.35. The van der Waals surface area contributed by atoms with E-state index in [1.54, 1.807) is 0 Å². The zero-order chi connectivity index (χ0) is 20.0. The van der Waals surface area contributed by atoms with Crippen molar-refractivity contribution in [3.63, 3.8) is 0 Å². The van der Waals surface area contributed by atoms with Crippen LogP contribution in [-0.4, -0.2) is 45.4 Å². The predicted molar refractivity (Wildman–Crippen MR) is 110 cm³/mol. The molecule has 3 aliphatic rings. The number of hydrogen-bond donors (Lipinski definition) is 2. The minimum Gasteiger partial charge on any atom is -0.353 e. The predicted octanol–water partition coefficient (Wildman–Crippen LogP) is 2.58. The van der Waals surface area contributed by atoms with Crippen LogP contribution in [0, 0.1) is 5.92 Å². The van der Waals surface area contributed by atoms with Crippen LogP contribution in [0.2, 0.25) is 0 Å². The van der Waals surface area contributed by atoms with Crippen LogP contribution < -0.4 is 11.0 Å². The Morgan fingerprint density at radius 1 is 1.00 bits per heavy atom. The number of nitrogens with zero attached hydrogens (tertiary/aromatic N) is 2.